The van der Waals surface area contributed by atoms with Crippen LogP contribution in [0.5, 0.6) is 5.75 Å². The first-order chi connectivity index (χ1) is 10.3. The molecule has 1 saturated heterocycles. The highest BCUT2D eigenvalue weighted by atomic mass is 16.5. The zero-order chi connectivity index (χ0) is 14.7. The van der Waals surface area contributed by atoms with E-state index >= 15 is 0 Å². The first-order valence-electron chi connectivity index (χ1n) is 6.91. The van der Waals surface area contributed by atoms with Crippen molar-refractivity contribution in [3.8, 4) is 5.75 Å². The van der Waals surface area contributed by atoms with E-state index in [2.05, 4.69) is 29.7 Å². The van der Waals surface area contributed by atoms with Crippen molar-refractivity contribution < 1.29 is 4.74 Å². The van der Waals surface area contributed by atoms with Crippen molar-refractivity contribution in [2.75, 3.05) is 43.1 Å². The monoisotopic (exact) mass is 286 g/mol. The van der Waals surface area contributed by atoms with Crippen LogP contribution in [0.25, 0.3) is 0 Å². The Kier molecular flexibility index (Phi) is 3.81. The van der Waals surface area contributed by atoms with Gasteiger partial charge in [-0.15, -0.1) is 0 Å². The third-order valence-electron chi connectivity index (χ3n) is 3.53. The largest absolute Gasteiger partial charge is 0.494 e. The van der Waals surface area contributed by atoms with Gasteiger partial charge in [0, 0.05) is 37.9 Å². The predicted molar refractivity (Wildman–Crippen MR) is 79.8 cm³/mol. The molecule has 7 heteroatoms. The van der Waals surface area contributed by atoms with Gasteiger partial charge in [0.2, 0.25) is 5.95 Å². The van der Waals surface area contributed by atoms with E-state index in [0.717, 1.165) is 43.6 Å². The number of hydrogen-bond donors (Lipinski definition) is 0. The van der Waals surface area contributed by atoms with Crippen LogP contribution in [0.1, 0.15) is 5.69 Å². The van der Waals surface area contributed by atoms with E-state index < -0.39 is 0 Å². The molecule has 21 heavy (non-hydrogen) atoms. The van der Waals surface area contributed by atoms with Gasteiger partial charge in [-0.25, -0.2) is 19.9 Å². The van der Waals surface area contributed by atoms with Gasteiger partial charge in [-0.05, 0) is 6.92 Å². The van der Waals surface area contributed by atoms with E-state index in [1.807, 2.05) is 13.0 Å². The Hall–Kier alpha value is -2.44. The van der Waals surface area contributed by atoms with Gasteiger partial charge in [-0.1, -0.05) is 0 Å². The van der Waals surface area contributed by atoms with E-state index in [9.17, 15) is 0 Å². The average Bonchev–Trinajstić information content (AvgIpc) is 2.55. The number of piperazine rings is 1. The van der Waals surface area contributed by atoms with Crippen LogP contribution in [0.15, 0.2) is 24.8 Å². The number of anilines is 2. The van der Waals surface area contributed by atoms with E-state index in [-0.39, 0.29) is 0 Å². The number of rotatable bonds is 3. The fraction of sp³-hybridized carbons (Fsp3) is 0.429. The van der Waals surface area contributed by atoms with Gasteiger partial charge in [-0.3, -0.25) is 0 Å². The molecule has 1 aliphatic heterocycles. The topological polar surface area (TPSA) is 67.3 Å². The van der Waals surface area contributed by atoms with E-state index in [1.54, 1.807) is 25.8 Å². The maximum Gasteiger partial charge on any atom is 0.225 e. The van der Waals surface area contributed by atoms with Gasteiger partial charge in [0.05, 0.1) is 19.5 Å². The standard InChI is InChI=1S/C14H18N6O/c1-11-7-13(18-10-17-11)19-3-5-20(6-4-19)14-15-8-12(21-2)9-16-14/h7-10H,3-6H2,1-2H3. The van der Waals surface area contributed by atoms with Crippen molar-refractivity contribution in [2.45, 2.75) is 6.92 Å². The molecule has 0 atom stereocenters. The smallest absolute Gasteiger partial charge is 0.225 e. The zero-order valence-corrected chi connectivity index (χ0v) is 12.2. The Labute approximate surface area is 123 Å². The Morgan fingerprint density at radius 2 is 1.62 bits per heavy atom. The molecule has 0 spiro atoms. The van der Waals surface area contributed by atoms with Crippen LogP contribution in [-0.2, 0) is 0 Å². The lowest BCUT2D eigenvalue weighted by molar-refractivity contribution is 0.410. The molecule has 0 unspecified atom stereocenters. The molecule has 1 fully saturated rings. The fourth-order valence-electron chi connectivity index (χ4n) is 2.33. The highest BCUT2D eigenvalue weighted by Crippen LogP contribution is 2.17. The van der Waals surface area contributed by atoms with Crippen LogP contribution in [0.3, 0.4) is 0 Å². The summed E-state index contributed by atoms with van der Waals surface area (Å²) >= 11 is 0. The van der Waals surface area contributed by atoms with Crippen LogP contribution in [0, 0.1) is 6.92 Å². The molecule has 3 heterocycles. The number of aryl methyl sites for hydroxylation is 1. The van der Waals surface area contributed by atoms with E-state index in [1.165, 1.54) is 0 Å². The SMILES string of the molecule is COc1cnc(N2CCN(c3cc(C)ncn3)CC2)nc1. The Bertz CT molecular complexity index is 595. The summed E-state index contributed by atoms with van der Waals surface area (Å²) in [6.45, 7) is 5.51. The summed E-state index contributed by atoms with van der Waals surface area (Å²) in [7, 11) is 1.61. The maximum absolute atomic E-state index is 5.08. The van der Waals surface area contributed by atoms with Crippen molar-refractivity contribution in [3.05, 3.63) is 30.5 Å². The number of methoxy groups -OCH3 is 1. The molecule has 0 bridgehead atoms. The van der Waals surface area contributed by atoms with Crippen molar-refractivity contribution in [3.63, 3.8) is 0 Å². The average molecular weight is 286 g/mol. The normalized spacial score (nSPS) is 15.1. The van der Waals surface area contributed by atoms with Crippen LogP contribution in [0.4, 0.5) is 11.8 Å². The fourth-order valence-corrected chi connectivity index (χ4v) is 2.33. The second-order valence-electron chi connectivity index (χ2n) is 4.91. The second-order valence-corrected chi connectivity index (χ2v) is 4.91. The van der Waals surface area contributed by atoms with Gasteiger partial charge < -0.3 is 14.5 Å². The molecule has 0 aromatic carbocycles. The molecular formula is C14H18N6O. The molecule has 1 aliphatic rings. The molecule has 0 N–H and O–H groups in total. The maximum atomic E-state index is 5.08. The van der Waals surface area contributed by atoms with Crippen LogP contribution >= 0.6 is 0 Å². The van der Waals surface area contributed by atoms with Gasteiger partial charge in [0.1, 0.15) is 12.1 Å². The molecule has 0 amide bonds. The number of aromatic nitrogens is 4. The molecular weight excluding hydrogens is 268 g/mol. The lowest BCUT2D eigenvalue weighted by Crippen LogP contribution is -2.47. The Balaban J connectivity index is 1.64. The zero-order valence-electron chi connectivity index (χ0n) is 12.2. The predicted octanol–water partition coefficient (Wildman–Crippen LogP) is 0.910. The third kappa shape index (κ3) is 3.01. The van der Waals surface area contributed by atoms with Gasteiger partial charge in [0.15, 0.2) is 5.75 Å². The van der Waals surface area contributed by atoms with Crippen LogP contribution < -0.4 is 14.5 Å². The summed E-state index contributed by atoms with van der Waals surface area (Å²) in [5, 5.41) is 0. The van der Waals surface area contributed by atoms with Gasteiger partial charge in [0.25, 0.3) is 0 Å². The first kappa shape index (κ1) is 13.5. The third-order valence-corrected chi connectivity index (χ3v) is 3.53. The molecule has 3 rings (SSSR count). The summed E-state index contributed by atoms with van der Waals surface area (Å²) in [5.74, 6) is 2.40. The summed E-state index contributed by atoms with van der Waals surface area (Å²) in [4.78, 5) is 21.6. The second kappa shape index (κ2) is 5.90. The minimum absolute atomic E-state index is 0.675. The van der Waals surface area contributed by atoms with Crippen molar-refractivity contribution in [1.29, 1.82) is 0 Å². The number of ether oxygens (including phenoxy) is 1. The van der Waals surface area contributed by atoms with E-state index in [4.69, 9.17) is 4.74 Å². The molecule has 7 nitrogen and oxygen atoms in total. The Morgan fingerprint density at radius 1 is 0.952 bits per heavy atom. The van der Waals surface area contributed by atoms with Crippen molar-refractivity contribution in [2.24, 2.45) is 0 Å². The van der Waals surface area contributed by atoms with Crippen molar-refractivity contribution >= 4 is 11.8 Å². The number of nitrogens with zero attached hydrogens (tertiary/aromatic N) is 6. The summed E-state index contributed by atoms with van der Waals surface area (Å²) < 4.78 is 5.08. The molecule has 110 valence electrons. The minimum Gasteiger partial charge on any atom is -0.494 e. The lowest BCUT2D eigenvalue weighted by atomic mass is 10.3. The molecule has 2 aromatic heterocycles. The van der Waals surface area contributed by atoms with Crippen LogP contribution in [0.2, 0.25) is 0 Å². The lowest BCUT2D eigenvalue weighted by Gasteiger charge is -2.35. The van der Waals surface area contributed by atoms with Crippen LogP contribution in [-0.4, -0.2) is 53.2 Å². The summed E-state index contributed by atoms with van der Waals surface area (Å²) in [5.41, 5.74) is 0.987. The molecule has 0 radical (unpaired) electrons. The van der Waals surface area contributed by atoms with E-state index in [0.29, 0.717) is 5.75 Å². The first-order valence-corrected chi connectivity index (χ1v) is 6.91. The Morgan fingerprint density at radius 3 is 2.24 bits per heavy atom. The van der Waals surface area contributed by atoms with Crippen molar-refractivity contribution in [1.82, 2.24) is 19.9 Å². The van der Waals surface area contributed by atoms with Gasteiger partial charge >= 0.3 is 0 Å². The highest BCUT2D eigenvalue weighted by molar-refractivity contribution is 5.42. The summed E-state index contributed by atoms with van der Waals surface area (Å²) in [6.07, 6.45) is 5.01. The minimum atomic E-state index is 0.675. The van der Waals surface area contributed by atoms with Gasteiger partial charge in [-0.2, -0.15) is 0 Å². The number of hydrogen-bond acceptors (Lipinski definition) is 7. The molecule has 2 aromatic rings. The quantitative estimate of drug-likeness (QED) is 0.830. The molecule has 0 saturated carbocycles. The highest BCUT2D eigenvalue weighted by Gasteiger charge is 2.20. The summed E-state index contributed by atoms with van der Waals surface area (Å²) in [6, 6.07) is 2.01. The molecule has 0 aliphatic carbocycles.